The maximum absolute atomic E-state index is 13.7. The fraction of sp³-hybridized carbons (Fsp3) is 0.355. The van der Waals surface area contributed by atoms with Crippen molar-refractivity contribution in [1.29, 1.82) is 0 Å². The number of carbonyl (C=O) groups is 2. The largest absolute Gasteiger partial charge is 0.493 e. The van der Waals surface area contributed by atoms with Crippen LogP contribution in [-0.4, -0.2) is 41.8 Å². The topological polar surface area (TPSA) is 79.3 Å². The zero-order chi connectivity index (χ0) is 28.3. The highest BCUT2D eigenvalue weighted by molar-refractivity contribution is 6.30. The molecule has 0 fully saturated rings. The average Bonchev–Trinajstić information content (AvgIpc) is 2.93. The van der Waals surface area contributed by atoms with Gasteiger partial charge in [0.15, 0.2) is 11.5 Å². The van der Waals surface area contributed by atoms with Gasteiger partial charge in [0.2, 0.25) is 5.91 Å². The van der Waals surface area contributed by atoms with Crippen LogP contribution in [0.25, 0.3) is 0 Å². The van der Waals surface area contributed by atoms with E-state index in [0.29, 0.717) is 23.1 Å². The Kier molecular flexibility index (Phi) is 8.70. The van der Waals surface area contributed by atoms with Gasteiger partial charge in [-0.05, 0) is 85.8 Å². The predicted octanol–water partition coefficient (Wildman–Crippen LogP) is 7.27. The zero-order valence-corrected chi connectivity index (χ0v) is 23.7. The molecular weight excluding hydrogens is 516 g/mol. The highest BCUT2D eigenvalue weighted by Crippen LogP contribution is 2.44. The molecule has 1 aliphatic rings. The van der Waals surface area contributed by atoms with Crippen LogP contribution in [0.3, 0.4) is 0 Å². The van der Waals surface area contributed by atoms with Gasteiger partial charge in [-0.2, -0.15) is 0 Å². The first-order chi connectivity index (χ1) is 18.7. The number of anilines is 1. The zero-order valence-electron chi connectivity index (χ0n) is 23.0. The molecule has 0 saturated carbocycles. The minimum absolute atomic E-state index is 0.00437. The standard InChI is InChI=1S/C31H35ClN2O5/c1-6-19(3)39-28-18-26-23(16-27(28)38-5)17-29(35)34(30(26)22-8-12-24(32)13-9-22)25-14-10-21(11-15-25)20(4)33(7-2)31(36)37/h8-16,18-20,30H,6-7,17H2,1-5H3,(H,36,37)/t19-,20+,30?/m1/s1. The second-order valence-corrected chi connectivity index (χ2v) is 10.2. The Morgan fingerprint density at radius 2 is 1.74 bits per heavy atom. The average molecular weight is 551 g/mol. The molecule has 0 spiro atoms. The van der Waals surface area contributed by atoms with Crippen LogP contribution in [0, 0.1) is 0 Å². The lowest BCUT2D eigenvalue weighted by atomic mass is 9.86. The highest BCUT2D eigenvalue weighted by Gasteiger charge is 2.36. The second-order valence-electron chi connectivity index (χ2n) is 9.77. The van der Waals surface area contributed by atoms with Gasteiger partial charge in [0.1, 0.15) is 0 Å². The number of hydrogen-bond donors (Lipinski definition) is 1. The van der Waals surface area contributed by atoms with Crippen LogP contribution in [0.1, 0.15) is 68.5 Å². The minimum Gasteiger partial charge on any atom is -0.493 e. The molecule has 3 atom stereocenters. The van der Waals surface area contributed by atoms with Crippen molar-refractivity contribution >= 4 is 29.3 Å². The molecular formula is C31H35ClN2O5. The fourth-order valence-corrected chi connectivity index (χ4v) is 5.17. The summed E-state index contributed by atoms with van der Waals surface area (Å²) in [6, 6.07) is 18.2. The summed E-state index contributed by atoms with van der Waals surface area (Å²) in [5.41, 5.74) is 4.32. The van der Waals surface area contributed by atoms with E-state index in [2.05, 4.69) is 6.92 Å². The van der Waals surface area contributed by atoms with E-state index in [1.54, 1.807) is 12.0 Å². The normalized spacial score (nSPS) is 16.3. The Morgan fingerprint density at radius 1 is 1.08 bits per heavy atom. The van der Waals surface area contributed by atoms with Crippen molar-refractivity contribution in [3.8, 4) is 11.5 Å². The molecule has 3 aromatic rings. The van der Waals surface area contributed by atoms with E-state index in [-0.39, 0.29) is 24.5 Å². The van der Waals surface area contributed by atoms with Crippen LogP contribution in [0.4, 0.5) is 10.5 Å². The molecule has 3 aromatic carbocycles. The molecule has 7 nitrogen and oxygen atoms in total. The number of halogens is 1. The van der Waals surface area contributed by atoms with Crippen molar-refractivity contribution in [1.82, 2.24) is 4.90 Å². The number of methoxy groups -OCH3 is 1. The van der Waals surface area contributed by atoms with Crippen LogP contribution in [0.2, 0.25) is 5.02 Å². The Bertz CT molecular complexity index is 1330. The smallest absolute Gasteiger partial charge is 0.407 e. The van der Waals surface area contributed by atoms with Gasteiger partial charge in [-0.1, -0.05) is 42.8 Å². The lowest BCUT2D eigenvalue weighted by Gasteiger charge is -2.38. The van der Waals surface area contributed by atoms with Crippen LogP contribution in [0.15, 0.2) is 60.7 Å². The van der Waals surface area contributed by atoms with Gasteiger partial charge in [0, 0.05) is 17.3 Å². The third-order valence-electron chi connectivity index (χ3n) is 7.39. The maximum Gasteiger partial charge on any atom is 0.407 e. The van der Waals surface area contributed by atoms with E-state index in [1.165, 1.54) is 4.90 Å². The van der Waals surface area contributed by atoms with Crippen LogP contribution in [0.5, 0.6) is 11.5 Å². The fourth-order valence-electron chi connectivity index (χ4n) is 5.04. The van der Waals surface area contributed by atoms with Gasteiger partial charge >= 0.3 is 6.09 Å². The van der Waals surface area contributed by atoms with Crippen LogP contribution >= 0.6 is 11.6 Å². The van der Waals surface area contributed by atoms with Crippen molar-refractivity contribution in [2.75, 3.05) is 18.6 Å². The van der Waals surface area contributed by atoms with Crippen molar-refractivity contribution in [2.45, 2.75) is 58.7 Å². The van der Waals surface area contributed by atoms with E-state index < -0.39 is 12.1 Å². The lowest BCUT2D eigenvalue weighted by Crippen LogP contribution is -2.41. The van der Waals surface area contributed by atoms with E-state index in [0.717, 1.165) is 34.4 Å². The summed E-state index contributed by atoms with van der Waals surface area (Å²) in [6.07, 6.45) is 0.0779. The molecule has 4 rings (SSSR count). The summed E-state index contributed by atoms with van der Waals surface area (Å²) in [5, 5.41) is 10.2. The predicted molar refractivity (Wildman–Crippen MR) is 153 cm³/mol. The number of carboxylic acid groups (broad SMARTS) is 1. The summed E-state index contributed by atoms with van der Waals surface area (Å²) in [6.45, 7) is 8.12. The molecule has 8 heteroatoms. The summed E-state index contributed by atoms with van der Waals surface area (Å²) in [4.78, 5) is 28.5. The first-order valence-corrected chi connectivity index (χ1v) is 13.6. The van der Waals surface area contributed by atoms with Crippen molar-refractivity contribution < 1.29 is 24.2 Å². The molecule has 1 N–H and O–H groups in total. The number of carbonyl (C=O) groups excluding carboxylic acids is 1. The number of fused-ring (bicyclic) bond motifs is 1. The first-order valence-electron chi connectivity index (χ1n) is 13.2. The first kappa shape index (κ1) is 28.3. The summed E-state index contributed by atoms with van der Waals surface area (Å²) in [5.74, 6) is 1.18. The summed E-state index contributed by atoms with van der Waals surface area (Å²) >= 11 is 6.21. The molecule has 1 heterocycles. The number of hydrogen-bond acceptors (Lipinski definition) is 4. The Hall–Kier alpha value is -3.71. The summed E-state index contributed by atoms with van der Waals surface area (Å²) in [7, 11) is 1.60. The van der Waals surface area contributed by atoms with Gasteiger partial charge in [-0.25, -0.2) is 4.79 Å². The monoisotopic (exact) mass is 550 g/mol. The third kappa shape index (κ3) is 5.83. The van der Waals surface area contributed by atoms with Gasteiger partial charge in [0.25, 0.3) is 0 Å². The van der Waals surface area contributed by atoms with Gasteiger partial charge < -0.3 is 24.4 Å². The molecule has 39 heavy (non-hydrogen) atoms. The van der Waals surface area contributed by atoms with Crippen molar-refractivity contribution in [3.63, 3.8) is 0 Å². The van der Waals surface area contributed by atoms with Gasteiger partial charge in [-0.3, -0.25) is 4.79 Å². The molecule has 0 bridgehead atoms. The molecule has 2 amide bonds. The maximum atomic E-state index is 13.7. The molecule has 1 unspecified atom stereocenters. The highest BCUT2D eigenvalue weighted by atomic mass is 35.5. The van der Waals surface area contributed by atoms with E-state index in [4.69, 9.17) is 21.1 Å². The molecule has 206 valence electrons. The Balaban J connectivity index is 1.82. The summed E-state index contributed by atoms with van der Waals surface area (Å²) < 4.78 is 11.8. The number of rotatable bonds is 9. The van der Waals surface area contributed by atoms with Crippen molar-refractivity contribution in [3.05, 3.63) is 87.9 Å². The Labute approximate surface area is 234 Å². The Morgan fingerprint density at radius 3 is 2.31 bits per heavy atom. The van der Waals surface area contributed by atoms with E-state index in [1.807, 2.05) is 81.4 Å². The quantitative estimate of drug-likeness (QED) is 0.303. The van der Waals surface area contributed by atoms with Crippen molar-refractivity contribution in [2.24, 2.45) is 0 Å². The minimum atomic E-state index is -0.967. The second kappa shape index (κ2) is 12.0. The molecule has 0 aromatic heterocycles. The van der Waals surface area contributed by atoms with Gasteiger partial charge in [-0.15, -0.1) is 0 Å². The van der Waals surface area contributed by atoms with Gasteiger partial charge in [0.05, 0.1) is 31.7 Å². The molecule has 0 saturated heterocycles. The molecule has 0 aliphatic carbocycles. The third-order valence-corrected chi connectivity index (χ3v) is 7.64. The number of amides is 2. The van der Waals surface area contributed by atoms with Crippen LogP contribution < -0.4 is 14.4 Å². The van der Waals surface area contributed by atoms with E-state index in [9.17, 15) is 14.7 Å². The SMILES string of the molecule is CC[C@@H](C)Oc1cc2c(cc1OC)CC(=O)N(c1ccc([C@H](C)N(CC)C(=O)O)cc1)C2c1ccc(Cl)cc1. The number of benzene rings is 3. The van der Waals surface area contributed by atoms with Crippen LogP contribution in [-0.2, 0) is 11.2 Å². The lowest BCUT2D eigenvalue weighted by molar-refractivity contribution is -0.118. The molecule has 1 aliphatic heterocycles. The van der Waals surface area contributed by atoms with E-state index >= 15 is 0 Å². The molecule has 0 radical (unpaired) electrons. The number of ether oxygens (including phenoxy) is 2. The number of nitrogens with zero attached hydrogens (tertiary/aromatic N) is 2.